The van der Waals surface area contributed by atoms with Gasteiger partial charge in [-0.3, -0.25) is 19.6 Å². The van der Waals surface area contributed by atoms with E-state index in [-0.39, 0.29) is 0 Å². The molecule has 4 unspecified atom stereocenters. The van der Waals surface area contributed by atoms with E-state index in [1.54, 1.807) is 0 Å². The minimum Gasteiger partial charge on any atom is -0.295 e. The Morgan fingerprint density at radius 3 is 1.42 bits per heavy atom. The second-order valence-electron chi connectivity index (χ2n) is 10.7. The van der Waals surface area contributed by atoms with Crippen LogP contribution in [0.2, 0.25) is 0 Å². The number of rotatable bonds is 2. The summed E-state index contributed by atoms with van der Waals surface area (Å²) >= 11 is 0. The summed E-state index contributed by atoms with van der Waals surface area (Å²) in [7, 11) is 0. The van der Waals surface area contributed by atoms with E-state index in [4.69, 9.17) is 0 Å². The molecule has 0 spiro atoms. The van der Waals surface area contributed by atoms with Crippen LogP contribution in [0.5, 0.6) is 0 Å². The summed E-state index contributed by atoms with van der Waals surface area (Å²) in [6.07, 6.45) is 4.26. The van der Waals surface area contributed by atoms with Gasteiger partial charge in [0.2, 0.25) is 0 Å². The van der Waals surface area contributed by atoms with E-state index >= 15 is 0 Å². The molecule has 138 valence electrons. The molecule has 0 aromatic carbocycles. The zero-order valence-corrected chi connectivity index (χ0v) is 16.8. The zero-order valence-electron chi connectivity index (χ0n) is 16.8. The molecule has 4 fully saturated rings. The molecule has 4 aliphatic heterocycles. The largest absolute Gasteiger partial charge is 0.295 e. The van der Waals surface area contributed by atoms with Crippen LogP contribution in [0.25, 0.3) is 0 Å². The number of likely N-dealkylation sites (tertiary alicyclic amines) is 3. The van der Waals surface area contributed by atoms with Gasteiger partial charge in [-0.05, 0) is 60.8 Å². The Hall–Kier alpha value is -0.160. The lowest BCUT2D eigenvalue weighted by atomic mass is 9.85. The lowest BCUT2D eigenvalue weighted by molar-refractivity contribution is -0.131. The van der Waals surface area contributed by atoms with Crippen molar-refractivity contribution in [3.05, 3.63) is 0 Å². The average Bonchev–Trinajstić information content (AvgIpc) is 2.70. The Balaban J connectivity index is 1.37. The lowest BCUT2D eigenvalue weighted by Crippen LogP contribution is -2.73. The summed E-state index contributed by atoms with van der Waals surface area (Å²) in [6.45, 7) is 20.6. The van der Waals surface area contributed by atoms with Crippen LogP contribution in [-0.2, 0) is 0 Å². The number of fused-ring (bicyclic) bond motifs is 4. The minimum absolute atomic E-state index is 0.327. The second kappa shape index (κ2) is 5.67. The number of hydrogen-bond acceptors (Lipinski definition) is 4. The van der Waals surface area contributed by atoms with E-state index in [9.17, 15) is 0 Å². The molecule has 4 heteroatoms. The van der Waals surface area contributed by atoms with Crippen molar-refractivity contribution in [2.45, 2.75) is 96.1 Å². The van der Waals surface area contributed by atoms with Crippen molar-refractivity contribution in [3.63, 3.8) is 0 Å². The predicted octanol–water partition coefficient (Wildman–Crippen LogP) is 2.45. The predicted molar refractivity (Wildman–Crippen MR) is 100 cm³/mol. The van der Waals surface area contributed by atoms with E-state index < -0.39 is 0 Å². The summed E-state index contributed by atoms with van der Waals surface area (Å²) < 4.78 is 0. The molecule has 24 heavy (non-hydrogen) atoms. The Bertz CT molecular complexity index is 451. The Morgan fingerprint density at radius 2 is 1.00 bits per heavy atom. The molecule has 0 N–H and O–H groups in total. The first kappa shape index (κ1) is 17.3. The van der Waals surface area contributed by atoms with Gasteiger partial charge in [-0.1, -0.05) is 0 Å². The van der Waals surface area contributed by atoms with Crippen LogP contribution in [0, 0.1) is 0 Å². The van der Waals surface area contributed by atoms with Crippen LogP contribution in [0.4, 0.5) is 0 Å². The molecule has 4 atom stereocenters. The summed E-state index contributed by atoms with van der Waals surface area (Å²) in [4.78, 5) is 11.1. The van der Waals surface area contributed by atoms with Crippen LogP contribution >= 0.6 is 0 Å². The number of nitrogens with zero attached hydrogens (tertiary/aromatic N) is 4. The summed E-state index contributed by atoms with van der Waals surface area (Å²) in [5.74, 6) is 0. The third kappa shape index (κ3) is 2.94. The second-order valence-corrected chi connectivity index (χ2v) is 10.7. The number of hydrogen-bond donors (Lipinski definition) is 0. The van der Waals surface area contributed by atoms with Crippen molar-refractivity contribution in [1.82, 2.24) is 19.6 Å². The van der Waals surface area contributed by atoms with Gasteiger partial charge in [0.05, 0.1) is 6.67 Å². The van der Waals surface area contributed by atoms with Crippen molar-refractivity contribution in [2.24, 2.45) is 0 Å². The van der Waals surface area contributed by atoms with Gasteiger partial charge < -0.3 is 0 Å². The van der Waals surface area contributed by atoms with Crippen LogP contribution in [0.15, 0.2) is 0 Å². The normalized spacial score (nSPS) is 39.2. The molecule has 4 aliphatic rings. The Morgan fingerprint density at radius 1 is 0.625 bits per heavy atom. The summed E-state index contributed by atoms with van der Waals surface area (Å²) in [6, 6.07) is 3.21. The maximum absolute atomic E-state index is 2.87. The zero-order chi connectivity index (χ0) is 17.3. The molecule has 0 radical (unpaired) electrons. The Labute approximate surface area is 149 Å². The van der Waals surface area contributed by atoms with Crippen LogP contribution < -0.4 is 0 Å². The fourth-order valence-corrected chi connectivity index (χ4v) is 5.42. The number of piperidine rings is 1. The van der Waals surface area contributed by atoms with Gasteiger partial charge in [0, 0.05) is 61.4 Å². The van der Waals surface area contributed by atoms with Gasteiger partial charge in [0.1, 0.15) is 0 Å². The highest BCUT2D eigenvalue weighted by Gasteiger charge is 2.50. The molecule has 0 saturated carbocycles. The third-order valence-electron chi connectivity index (χ3n) is 7.20. The molecular weight excluding hydrogens is 296 g/mol. The van der Waals surface area contributed by atoms with Crippen molar-refractivity contribution in [2.75, 3.05) is 32.8 Å². The van der Waals surface area contributed by atoms with E-state index in [1.165, 1.54) is 52.1 Å². The fraction of sp³-hybridized carbons (Fsp3) is 1.00. The first-order chi connectivity index (χ1) is 11.1. The highest BCUT2D eigenvalue weighted by atomic mass is 15.5. The van der Waals surface area contributed by atoms with Gasteiger partial charge >= 0.3 is 0 Å². The summed E-state index contributed by atoms with van der Waals surface area (Å²) in [5.41, 5.74) is 0.660. The van der Waals surface area contributed by atoms with Crippen molar-refractivity contribution in [1.29, 1.82) is 0 Å². The van der Waals surface area contributed by atoms with Gasteiger partial charge in [0.15, 0.2) is 0 Å². The van der Waals surface area contributed by atoms with Gasteiger partial charge in [-0.25, -0.2) is 0 Å². The SMILES string of the molecule is CC(C)(C)N1CC2CCC(C1)N2CN1C2CC1CN(C(C)(C)C)C2. The molecular formula is C20H38N4. The molecule has 0 aliphatic carbocycles. The first-order valence-electron chi connectivity index (χ1n) is 10.1. The quantitative estimate of drug-likeness (QED) is 0.769. The highest BCUT2D eigenvalue weighted by molar-refractivity contribution is 5.05. The van der Waals surface area contributed by atoms with Crippen LogP contribution in [0.1, 0.15) is 60.8 Å². The van der Waals surface area contributed by atoms with Gasteiger partial charge in [-0.15, -0.1) is 0 Å². The standard InChI is InChI=1S/C20H38N4/c1-19(2,3)21-10-15-7-8-16(11-21)23(15)14-24-17-9-18(24)13-22(12-17)20(4,5)6/h15-18H,7-14H2,1-6H3. The van der Waals surface area contributed by atoms with E-state index in [1.807, 2.05) is 0 Å². The molecule has 4 heterocycles. The molecule has 4 saturated heterocycles. The van der Waals surface area contributed by atoms with Crippen molar-refractivity contribution >= 4 is 0 Å². The first-order valence-corrected chi connectivity index (χ1v) is 10.1. The fourth-order valence-electron chi connectivity index (χ4n) is 5.42. The smallest absolute Gasteiger partial charge is 0.0519 e. The minimum atomic E-state index is 0.327. The highest BCUT2D eigenvalue weighted by Crippen LogP contribution is 2.39. The lowest BCUT2D eigenvalue weighted by Gasteiger charge is -2.61. The van der Waals surface area contributed by atoms with Crippen molar-refractivity contribution in [3.8, 4) is 0 Å². The Kier molecular flexibility index (Phi) is 4.08. The van der Waals surface area contributed by atoms with Crippen LogP contribution in [-0.4, -0.2) is 87.7 Å². The monoisotopic (exact) mass is 334 g/mol. The third-order valence-corrected chi connectivity index (χ3v) is 7.20. The van der Waals surface area contributed by atoms with Gasteiger partial charge in [-0.2, -0.15) is 0 Å². The summed E-state index contributed by atoms with van der Waals surface area (Å²) in [5, 5.41) is 0. The maximum atomic E-state index is 2.87. The average molecular weight is 335 g/mol. The van der Waals surface area contributed by atoms with E-state index in [0.717, 1.165) is 24.2 Å². The number of piperazine rings is 2. The molecule has 0 aromatic heterocycles. The molecule has 4 nitrogen and oxygen atoms in total. The molecule has 4 rings (SSSR count). The molecule has 0 amide bonds. The molecule has 0 aromatic rings. The topological polar surface area (TPSA) is 13.0 Å². The van der Waals surface area contributed by atoms with Crippen molar-refractivity contribution < 1.29 is 0 Å². The van der Waals surface area contributed by atoms with E-state index in [2.05, 4.69) is 61.1 Å². The molecule has 4 bridgehead atoms. The van der Waals surface area contributed by atoms with E-state index in [0.29, 0.717) is 11.1 Å². The maximum Gasteiger partial charge on any atom is 0.0519 e. The van der Waals surface area contributed by atoms with Gasteiger partial charge in [0.25, 0.3) is 0 Å². The van der Waals surface area contributed by atoms with Crippen LogP contribution in [0.3, 0.4) is 0 Å².